The standard InChI is InChI=1S/C25H19N9/c1-17-29-16-34(33-17)22-7-5-20(6-8-22)31-25-28-11-9-23(32-25)19-12-18(15-26)13-21(14-19)30-24-4-2-3-10-27-24/h2-14,16H,1H3,(H,27,30)(H,28,31,32). The molecule has 9 heteroatoms. The summed E-state index contributed by atoms with van der Waals surface area (Å²) < 4.78 is 1.72. The first kappa shape index (κ1) is 20.8. The van der Waals surface area contributed by atoms with Gasteiger partial charge in [0.1, 0.15) is 18.0 Å². The van der Waals surface area contributed by atoms with E-state index in [9.17, 15) is 5.26 Å². The lowest BCUT2D eigenvalue weighted by molar-refractivity contribution is 0.863. The van der Waals surface area contributed by atoms with Gasteiger partial charge in [-0.2, -0.15) is 10.4 Å². The smallest absolute Gasteiger partial charge is 0.227 e. The Bertz CT molecular complexity index is 1470. The van der Waals surface area contributed by atoms with E-state index in [1.807, 2.05) is 61.5 Å². The quantitative estimate of drug-likeness (QED) is 0.383. The number of nitrogens with zero attached hydrogens (tertiary/aromatic N) is 7. The summed E-state index contributed by atoms with van der Waals surface area (Å²) in [5.74, 6) is 1.85. The van der Waals surface area contributed by atoms with Gasteiger partial charge in [0.25, 0.3) is 0 Å². The van der Waals surface area contributed by atoms with Gasteiger partial charge < -0.3 is 10.6 Å². The molecule has 0 spiro atoms. The molecule has 5 aromatic rings. The van der Waals surface area contributed by atoms with Crippen molar-refractivity contribution in [3.63, 3.8) is 0 Å². The SMILES string of the molecule is Cc1ncn(-c2ccc(Nc3nccc(-c4cc(C#N)cc(Nc5ccccn5)c4)n3)cc2)n1. The van der Waals surface area contributed by atoms with Crippen molar-refractivity contribution in [1.29, 1.82) is 5.26 Å². The lowest BCUT2D eigenvalue weighted by atomic mass is 10.1. The van der Waals surface area contributed by atoms with Crippen molar-refractivity contribution in [3.05, 3.63) is 96.8 Å². The van der Waals surface area contributed by atoms with Crippen LogP contribution in [0, 0.1) is 18.3 Å². The second kappa shape index (κ2) is 9.18. The third-order valence-corrected chi connectivity index (χ3v) is 4.95. The topological polar surface area (TPSA) is 117 Å². The highest BCUT2D eigenvalue weighted by Gasteiger charge is 2.08. The van der Waals surface area contributed by atoms with E-state index in [0.717, 1.165) is 22.6 Å². The highest BCUT2D eigenvalue weighted by molar-refractivity contribution is 5.71. The van der Waals surface area contributed by atoms with E-state index in [0.29, 0.717) is 28.8 Å². The molecule has 9 nitrogen and oxygen atoms in total. The van der Waals surface area contributed by atoms with Crippen molar-refractivity contribution in [2.75, 3.05) is 10.6 Å². The number of hydrogen-bond acceptors (Lipinski definition) is 8. The zero-order chi connectivity index (χ0) is 23.3. The number of aromatic nitrogens is 6. The summed E-state index contributed by atoms with van der Waals surface area (Å²) in [6, 6.07) is 22.8. The number of nitrogens with one attached hydrogen (secondary N) is 2. The lowest BCUT2D eigenvalue weighted by Gasteiger charge is -2.10. The second-order valence-corrected chi connectivity index (χ2v) is 7.42. The Morgan fingerprint density at radius 2 is 1.74 bits per heavy atom. The van der Waals surface area contributed by atoms with Crippen molar-refractivity contribution in [2.24, 2.45) is 0 Å². The Kier molecular flexibility index (Phi) is 5.61. The maximum atomic E-state index is 9.51. The van der Waals surface area contributed by atoms with E-state index in [1.54, 1.807) is 35.5 Å². The van der Waals surface area contributed by atoms with Crippen LogP contribution in [0.4, 0.5) is 23.1 Å². The fraction of sp³-hybridized carbons (Fsp3) is 0.0400. The first-order valence-electron chi connectivity index (χ1n) is 10.5. The van der Waals surface area contributed by atoms with Crippen molar-refractivity contribution in [1.82, 2.24) is 29.7 Å². The van der Waals surface area contributed by atoms with Crippen molar-refractivity contribution >= 4 is 23.1 Å². The molecule has 0 atom stereocenters. The molecule has 0 aliphatic heterocycles. The monoisotopic (exact) mass is 445 g/mol. The highest BCUT2D eigenvalue weighted by atomic mass is 15.3. The molecule has 0 unspecified atom stereocenters. The minimum absolute atomic E-state index is 0.448. The normalized spacial score (nSPS) is 10.5. The molecule has 0 bridgehead atoms. The Labute approximate surface area is 195 Å². The summed E-state index contributed by atoms with van der Waals surface area (Å²) >= 11 is 0. The maximum Gasteiger partial charge on any atom is 0.227 e. The highest BCUT2D eigenvalue weighted by Crippen LogP contribution is 2.26. The van der Waals surface area contributed by atoms with E-state index in [-0.39, 0.29) is 0 Å². The molecule has 5 rings (SSSR count). The van der Waals surface area contributed by atoms with E-state index in [1.165, 1.54) is 0 Å². The van der Waals surface area contributed by atoms with Crippen LogP contribution in [0.3, 0.4) is 0 Å². The maximum absolute atomic E-state index is 9.51. The zero-order valence-corrected chi connectivity index (χ0v) is 18.2. The van der Waals surface area contributed by atoms with Gasteiger partial charge in [-0.1, -0.05) is 6.07 Å². The predicted molar refractivity (Wildman–Crippen MR) is 129 cm³/mol. The van der Waals surface area contributed by atoms with Gasteiger partial charge in [0.05, 0.1) is 23.0 Å². The number of rotatable bonds is 6. The minimum Gasteiger partial charge on any atom is -0.340 e. The van der Waals surface area contributed by atoms with E-state index in [2.05, 4.69) is 41.7 Å². The number of aryl methyl sites for hydroxylation is 1. The van der Waals surface area contributed by atoms with Gasteiger partial charge >= 0.3 is 0 Å². The molecule has 0 saturated carbocycles. The molecule has 0 amide bonds. The Morgan fingerprint density at radius 1 is 0.853 bits per heavy atom. The molecular formula is C25H19N9. The van der Waals surface area contributed by atoms with Crippen LogP contribution in [0.25, 0.3) is 16.9 Å². The van der Waals surface area contributed by atoms with Crippen LogP contribution in [-0.4, -0.2) is 29.7 Å². The van der Waals surface area contributed by atoms with Gasteiger partial charge in [-0.25, -0.2) is 24.6 Å². The number of nitriles is 1. The molecule has 0 aliphatic carbocycles. The summed E-state index contributed by atoms with van der Waals surface area (Å²) in [5, 5.41) is 20.3. The van der Waals surface area contributed by atoms with Crippen molar-refractivity contribution in [2.45, 2.75) is 6.92 Å². The Balaban J connectivity index is 1.38. The van der Waals surface area contributed by atoms with Gasteiger partial charge in [0.2, 0.25) is 5.95 Å². The third-order valence-electron chi connectivity index (χ3n) is 4.95. The van der Waals surface area contributed by atoms with E-state index < -0.39 is 0 Å². The fourth-order valence-corrected chi connectivity index (χ4v) is 3.37. The van der Waals surface area contributed by atoms with Crippen LogP contribution in [0.1, 0.15) is 11.4 Å². The van der Waals surface area contributed by atoms with Crippen LogP contribution < -0.4 is 10.6 Å². The van der Waals surface area contributed by atoms with Crippen molar-refractivity contribution < 1.29 is 0 Å². The van der Waals surface area contributed by atoms with E-state index >= 15 is 0 Å². The van der Waals surface area contributed by atoms with Crippen LogP contribution in [0.15, 0.2) is 85.5 Å². The Hall–Kier alpha value is -5.10. The number of benzene rings is 2. The first-order valence-corrected chi connectivity index (χ1v) is 10.5. The minimum atomic E-state index is 0.448. The number of hydrogen-bond donors (Lipinski definition) is 2. The van der Waals surface area contributed by atoms with Gasteiger partial charge in [-0.05, 0) is 67.6 Å². The molecule has 3 aromatic heterocycles. The predicted octanol–water partition coefficient (Wildman–Crippen LogP) is 4.79. The molecule has 34 heavy (non-hydrogen) atoms. The molecule has 2 aromatic carbocycles. The largest absolute Gasteiger partial charge is 0.340 e. The summed E-state index contributed by atoms with van der Waals surface area (Å²) in [4.78, 5) is 17.4. The fourth-order valence-electron chi connectivity index (χ4n) is 3.37. The molecule has 164 valence electrons. The molecule has 0 aliphatic rings. The van der Waals surface area contributed by atoms with Gasteiger partial charge in [-0.15, -0.1) is 0 Å². The number of anilines is 4. The van der Waals surface area contributed by atoms with Crippen molar-refractivity contribution in [3.8, 4) is 23.0 Å². The molecule has 2 N–H and O–H groups in total. The van der Waals surface area contributed by atoms with Gasteiger partial charge in [0.15, 0.2) is 0 Å². The van der Waals surface area contributed by atoms with Crippen LogP contribution >= 0.6 is 0 Å². The average Bonchev–Trinajstić information content (AvgIpc) is 3.31. The summed E-state index contributed by atoms with van der Waals surface area (Å²) in [5.41, 5.74) is 4.49. The third kappa shape index (κ3) is 4.71. The van der Waals surface area contributed by atoms with Crippen LogP contribution in [0.2, 0.25) is 0 Å². The molecule has 0 fully saturated rings. The number of pyridine rings is 1. The summed E-state index contributed by atoms with van der Waals surface area (Å²) in [6.45, 7) is 1.85. The summed E-state index contributed by atoms with van der Waals surface area (Å²) in [6.07, 6.45) is 5.07. The average molecular weight is 445 g/mol. The Morgan fingerprint density at radius 3 is 2.47 bits per heavy atom. The molecule has 3 heterocycles. The molecule has 0 radical (unpaired) electrons. The first-order chi connectivity index (χ1) is 16.7. The summed E-state index contributed by atoms with van der Waals surface area (Å²) in [7, 11) is 0. The second-order valence-electron chi connectivity index (χ2n) is 7.42. The van der Waals surface area contributed by atoms with Crippen LogP contribution in [-0.2, 0) is 0 Å². The van der Waals surface area contributed by atoms with Gasteiger partial charge in [-0.3, -0.25) is 0 Å². The molecular weight excluding hydrogens is 426 g/mol. The lowest BCUT2D eigenvalue weighted by Crippen LogP contribution is -2.00. The van der Waals surface area contributed by atoms with Gasteiger partial charge in [0, 0.05) is 29.3 Å². The van der Waals surface area contributed by atoms with Crippen LogP contribution in [0.5, 0.6) is 0 Å². The zero-order valence-electron chi connectivity index (χ0n) is 18.2. The molecule has 0 saturated heterocycles. The van der Waals surface area contributed by atoms with E-state index in [4.69, 9.17) is 0 Å².